The number of unbranched alkanes of at least 4 members (excludes halogenated alkanes) is 1. The highest BCUT2D eigenvalue weighted by molar-refractivity contribution is 5.74. The zero-order valence-electron chi connectivity index (χ0n) is 10.8. The monoisotopic (exact) mass is 251 g/mol. The van der Waals surface area contributed by atoms with Gasteiger partial charge in [0.25, 0.3) is 5.56 Å². The summed E-state index contributed by atoms with van der Waals surface area (Å²) in [5.74, 6) is 0.602. The molecule has 0 saturated heterocycles. The predicted octanol–water partition coefficient (Wildman–Crippen LogP) is 0.265. The lowest BCUT2D eigenvalue weighted by atomic mass is 10.3. The number of aromatic nitrogens is 4. The summed E-state index contributed by atoms with van der Waals surface area (Å²) in [5, 5.41) is 2.95. The quantitative estimate of drug-likeness (QED) is 0.816. The fourth-order valence-electron chi connectivity index (χ4n) is 1.96. The number of imidazole rings is 1. The Bertz CT molecular complexity index is 679. The SMILES string of the molecule is CCCCn1c(NC)nc2c1c(=O)[nH]c(=O)n2C. The lowest BCUT2D eigenvalue weighted by molar-refractivity contribution is 0.648. The topological polar surface area (TPSA) is 84.7 Å². The van der Waals surface area contributed by atoms with Gasteiger partial charge in [-0.1, -0.05) is 13.3 Å². The molecule has 98 valence electrons. The lowest BCUT2D eigenvalue weighted by Crippen LogP contribution is -2.29. The first-order valence-electron chi connectivity index (χ1n) is 5.97. The van der Waals surface area contributed by atoms with Crippen molar-refractivity contribution in [3.63, 3.8) is 0 Å². The van der Waals surface area contributed by atoms with Gasteiger partial charge in [-0.2, -0.15) is 4.98 Å². The standard InChI is InChI=1S/C11H17N5O2/c1-4-5-6-16-7-8(13-10(16)12-2)15(3)11(18)14-9(7)17/h4-6H2,1-3H3,(H,12,13)(H,14,17,18). The van der Waals surface area contributed by atoms with E-state index in [9.17, 15) is 9.59 Å². The van der Waals surface area contributed by atoms with E-state index in [0.29, 0.717) is 23.7 Å². The van der Waals surface area contributed by atoms with Gasteiger partial charge in [-0.25, -0.2) is 4.79 Å². The van der Waals surface area contributed by atoms with Gasteiger partial charge >= 0.3 is 5.69 Å². The number of hydrogen-bond donors (Lipinski definition) is 2. The molecule has 2 N–H and O–H groups in total. The molecule has 7 nitrogen and oxygen atoms in total. The van der Waals surface area contributed by atoms with Crippen LogP contribution in [-0.2, 0) is 13.6 Å². The summed E-state index contributed by atoms with van der Waals surface area (Å²) in [4.78, 5) is 30.0. The van der Waals surface area contributed by atoms with Crippen molar-refractivity contribution < 1.29 is 0 Å². The minimum atomic E-state index is -0.449. The van der Waals surface area contributed by atoms with E-state index in [1.807, 2.05) is 4.57 Å². The van der Waals surface area contributed by atoms with Crippen molar-refractivity contribution in [1.29, 1.82) is 0 Å². The largest absolute Gasteiger partial charge is 0.359 e. The van der Waals surface area contributed by atoms with Gasteiger partial charge in [0.1, 0.15) is 0 Å². The van der Waals surface area contributed by atoms with E-state index in [1.54, 1.807) is 14.1 Å². The molecule has 0 bridgehead atoms. The molecule has 0 aliphatic carbocycles. The van der Waals surface area contributed by atoms with Crippen LogP contribution in [0.25, 0.3) is 11.2 Å². The molecule has 0 spiro atoms. The van der Waals surface area contributed by atoms with E-state index in [0.717, 1.165) is 12.8 Å². The Morgan fingerprint density at radius 3 is 2.72 bits per heavy atom. The van der Waals surface area contributed by atoms with Crippen LogP contribution < -0.4 is 16.6 Å². The second-order valence-electron chi connectivity index (χ2n) is 4.18. The Morgan fingerprint density at radius 1 is 1.39 bits per heavy atom. The number of H-pyrrole nitrogens is 1. The molecule has 0 amide bonds. The zero-order valence-corrected chi connectivity index (χ0v) is 10.8. The number of hydrogen-bond acceptors (Lipinski definition) is 4. The third-order valence-electron chi connectivity index (χ3n) is 2.97. The van der Waals surface area contributed by atoms with Gasteiger partial charge in [-0.15, -0.1) is 0 Å². The van der Waals surface area contributed by atoms with Crippen molar-refractivity contribution in [3.05, 3.63) is 20.8 Å². The molecule has 2 rings (SSSR count). The fourth-order valence-corrected chi connectivity index (χ4v) is 1.96. The van der Waals surface area contributed by atoms with Crippen molar-refractivity contribution in [2.75, 3.05) is 12.4 Å². The number of fused-ring (bicyclic) bond motifs is 1. The smallest absolute Gasteiger partial charge is 0.329 e. The number of nitrogens with one attached hydrogen (secondary N) is 2. The second-order valence-corrected chi connectivity index (χ2v) is 4.18. The summed E-state index contributed by atoms with van der Waals surface area (Å²) in [7, 11) is 3.34. The zero-order chi connectivity index (χ0) is 13.3. The molecule has 7 heteroatoms. The normalized spacial score (nSPS) is 11.1. The molecule has 0 aliphatic rings. The Labute approximate surface area is 103 Å². The van der Waals surface area contributed by atoms with E-state index in [4.69, 9.17) is 0 Å². The summed E-state index contributed by atoms with van der Waals surface area (Å²) in [5.41, 5.74) is 0.00704. The number of nitrogens with zero attached hydrogens (tertiary/aromatic N) is 3. The molecule has 0 atom stereocenters. The van der Waals surface area contributed by atoms with Crippen molar-refractivity contribution in [3.8, 4) is 0 Å². The molecular formula is C11H17N5O2. The van der Waals surface area contributed by atoms with Crippen LogP contribution in [0.5, 0.6) is 0 Å². The van der Waals surface area contributed by atoms with Gasteiger partial charge in [0.2, 0.25) is 5.95 Å². The summed E-state index contributed by atoms with van der Waals surface area (Å²) < 4.78 is 3.16. The fraction of sp³-hybridized carbons (Fsp3) is 0.545. The van der Waals surface area contributed by atoms with Crippen LogP contribution in [-0.4, -0.2) is 26.1 Å². The lowest BCUT2D eigenvalue weighted by Gasteiger charge is -2.06. The van der Waals surface area contributed by atoms with Crippen LogP contribution >= 0.6 is 0 Å². The first-order chi connectivity index (χ1) is 8.60. The van der Waals surface area contributed by atoms with Gasteiger partial charge in [0, 0.05) is 20.6 Å². The maximum atomic E-state index is 11.9. The minimum Gasteiger partial charge on any atom is -0.359 e. The predicted molar refractivity (Wildman–Crippen MR) is 70.0 cm³/mol. The minimum absolute atomic E-state index is 0.391. The van der Waals surface area contributed by atoms with Crippen LogP contribution in [0.15, 0.2) is 9.59 Å². The van der Waals surface area contributed by atoms with E-state index in [1.165, 1.54) is 4.57 Å². The first-order valence-corrected chi connectivity index (χ1v) is 5.97. The van der Waals surface area contributed by atoms with Crippen LogP contribution in [0, 0.1) is 0 Å². The van der Waals surface area contributed by atoms with Crippen LogP contribution in [0.4, 0.5) is 5.95 Å². The van der Waals surface area contributed by atoms with Crippen molar-refractivity contribution >= 4 is 17.1 Å². The molecule has 2 heterocycles. The number of anilines is 1. The average Bonchev–Trinajstić information content (AvgIpc) is 2.72. The highest BCUT2D eigenvalue weighted by Crippen LogP contribution is 2.15. The van der Waals surface area contributed by atoms with Gasteiger partial charge in [-0.3, -0.25) is 14.3 Å². The third-order valence-corrected chi connectivity index (χ3v) is 2.97. The third kappa shape index (κ3) is 1.81. The van der Waals surface area contributed by atoms with Crippen LogP contribution in [0.2, 0.25) is 0 Å². The molecule has 0 aromatic carbocycles. The van der Waals surface area contributed by atoms with Gasteiger partial charge in [0.15, 0.2) is 11.2 Å². The molecule has 0 radical (unpaired) electrons. The van der Waals surface area contributed by atoms with Gasteiger partial charge < -0.3 is 9.88 Å². The summed E-state index contributed by atoms with van der Waals surface area (Å²) in [6, 6.07) is 0. The highest BCUT2D eigenvalue weighted by atomic mass is 16.2. The number of aromatic amines is 1. The summed E-state index contributed by atoms with van der Waals surface area (Å²) in [6.07, 6.45) is 1.97. The number of aryl methyl sites for hydroxylation is 2. The Kier molecular flexibility index (Phi) is 3.22. The maximum absolute atomic E-state index is 11.9. The molecule has 2 aromatic heterocycles. The second kappa shape index (κ2) is 4.67. The van der Waals surface area contributed by atoms with Crippen molar-refractivity contribution in [2.45, 2.75) is 26.3 Å². The van der Waals surface area contributed by atoms with Gasteiger partial charge in [0.05, 0.1) is 0 Å². The molecule has 2 aromatic rings. The Hall–Kier alpha value is -2.05. The average molecular weight is 251 g/mol. The van der Waals surface area contributed by atoms with Crippen LogP contribution in [0.1, 0.15) is 19.8 Å². The van der Waals surface area contributed by atoms with E-state index < -0.39 is 11.2 Å². The Balaban J connectivity index is 2.78. The van der Waals surface area contributed by atoms with E-state index in [-0.39, 0.29) is 0 Å². The van der Waals surface area contributed by atoms with Crippen molar-refractivity contribution in [1.82, 2.24) is 19.1 Å². The molecule has 0 saturated carbocycles. The van der Waals surface area contributed by atoms with Crippen molar-refractivity contribution in [2.24, 2.45) is 7.05 Å². The van der Waals surface area contributed by atoms with Crippen LogP contribution in [0.3, 0.4) is 0 Å². The Morgan fingerprint density at radius 2 is 2.11 bits per heavy atom. The summed E-state index contributed by atoms with van der Waals surface area (Å²) >= 11 is 0. The molecule has 0 unspecified atom stereocenters. The highest BCUT2D eigenvalue weighted by Gasteiger charge is 2.15. The summed E-state index contributed by atoms with van der Waals surface area (Å²) in [6.45, 7) is 2.78. The molecular weight excluding hydrogens is 234 g/mol. The molecule has 0 aliphatic heterocycles. The molecule has 0 fully saturated rings. The van der Waals surface area contributed by atoms with E-state index >= 15 is 0 Å². The van der Waals surface area contributed by atoms with E-state index in [2.05, 4.69) is 22.2 Å². The maximum Gasteiger partial charge on any atom is 0.329 e. The van der Waals surface area contributed by atoms with Gasteiger partial charge in [-0.05, 0) is 6.42 Å². The number of rotatable bonds is 4. The first kappa shape index (κ1) is 12.4. The molecule has 18 heavy (non-hydrogen) atoms.